The van der Waals surface area contributed by atoms with Gasteiger partial charge in [0.1, 0.15) is 5.82 Å². The van der Waals surface area contributed by atoms with E-state index in [9.17, 15) is 4.39 Å². The maximum Gasteiger partial charge on any atom is 0.123 e. The van der Waals surface area contributed by atoms with Crippen LogP contribution in [-0.4, -0.2) is 12.0 Å². The van der Waals surface area contributed by atoms with Crippen molar-refractivity contribution in [2.24, 2.45) is 0 Å². The molecule has 3 rings (SSSR count). The van der Waals surface area contributed by atoms with Crippen LogP contribution in [0.4, 0.5) is 4.39 Å². The summed E-state index contributed by atoms with van der Waals surface area (Å²) in [6.07, 6.45) is 0.710. The second-order valence-corrected chi connectivity index (χ2v) is 5.12. The fourth-order valence-corrected chi connectivity index (χ4v) is 2.52. The summed E-state index contributed by atoms with van der Waals surface area (Å²) in [5, 5.41) is 4.21. The van der Waals surface area contributed by atoms with E-state index in [2.05, 4.69) is 22.4 Å². The van der Waals surface area contributed by atoms with E-state index in [1.54, 1.807) is 6.07 Å². The smallest absolute Gasteiger partial charge is 0.123 e. The lowest BCUT2D eigenvalue weighted by Gasteiger charge is -2.10. The second kappa shape index (κ2) is 6.02. The minimum atomic E-state index is -0.199. The van der Waals surface area contributed by atoms with Crippen molar-refractivity contribution >= 4 is 10.9 Å². The maximum absolute atomic E-state index is 13.4. The van der Waals surface area contributed by atoms with Crippen molar-refractivity contribution in [1.29, 1.82) is 0 Å². The highest BCUT2D eigenvalue weighted by molar-refractivity contribution is 5.78. The third-order valence-corrected chi connectivity index (χ3v) is 3.56. The third-order valence-electron chi connectivity index (χ3n) is 3.56. The zero-order valence-corrected chi connectivity index (χ0v) is 11.9. The lowest BCUT2D eigenvalue weighted by Crippen LogP contribution is -2.09. The van der Waals surface area contributed by atoms with Gasteiger partial charge < -0.3 is 5.32 Å². The first kappa shape index (κ1) is 13.7. The highest BCUT2D eigenvalue weighted by atomic mass is 19.1. The van der Waals surface area contributed by atoms with E-state index in [1.165, 1.54) is 6.07 Å². The normalized spacial score (nSPS) is 11.0. The van der Waals surface area contributed by atoms with E-state index in [0.717, 1.165) is 27.7 Å². The Labute approximate surface area is 123 Å². The Balaban J connectivity index is 1.94. The fraction of sp³-hybridized carbons (Fsp3) is 0.167. The molecule has 0 aliphatic heterocycles. The molecule has 0 aliphatic carbocycles. The lowest BCUT2D eigenvalue weighted by atomic mass is 10.0. The van der Waals surface area contributed by atoms with Crippen LogP contribution in [0.5, 0.6) is 0 Å². The average molecular weight is 280 g/mol. The molecule has 0 amide bonds. The Morgan fingerprint density at radius 2 is 1.86 bits per heavy atom. The van der Waals surface area contributed by atoms with Crippen LogP contribution < -0.4 is 5.32 Å². The summed E-state index contributed by atoms with van der Waals surface area (Å²) in [6, 6.07) is 17.1. The first-order valence-corrected chi connectivity index (χ1v) is 7.03. The van der Waals surface area contributed by atoms with Crippen LogP contribution in [0.15, 0.2) is 54.6 Å². The van der Waals surface area contributed by atoms with Crippen LogP contribution in [0.3, 0.4) is 0 Å². The molecule has 0 unspecified atom stereocenters. The van der Waals surface area contributed by atoms with Crippen LogP contribution in [0.2, 0.25) is 0 Å². The molecule has 21 heavy (non-hydrogen) atoms. The number of para-hydroxylation sites is 1. The van der Waals surface area contributed by atoms with Gasteiger partial charge in [-0.1, -0.05) is 30.3 Å². The van der Waals surface area contributed by atoms with Crippen molar-refractivity contribution in [3.05, 3.63) is 77.2 Å². The van der Waals surface area contributed by atoms with Gasteiger partial charge in [-0.15, -0.1) is 0 Å². The number of hydrogen-bond acceptors (Lipinski definition) is 2. The van der Waals surface area contributed by atoms with E-state index in [0.29, 0.717) is 13.0 Å². The van der Waals surface area contributed by atoms with Crippen molar-refractivity contribution in [3.63, 3.8) is 0 Å². The number of halogens is 1. The molecule has 3 aromatic rings. The summed E-state index contributed by atoms with van der Waals surface area (Å²) in [6.45, 7) is 0.653. The van der Waals surface area contributed by atoms with Gasteiger partial charge in [-0.05, 0) is 42.4 Å². The zero-order chi connectivity index (χ0) is 14.7. The summed E-state index contributed by atoms with van der Waals surface area (Å²) >= 11 is 0. The molecule has 2 nitrogen and oxygen atoms in total. The Hall–Kier alpha value is -2.26. The van der Waals surface area contributed by atoms with E-state index < -0.39 is 0 Å². The van der Waals surface area contributed by atoms with E-state index in [-0.39, 0.29) is 5.82 Å². The Morgan fingerprint density at radius 3 is 2.71 bits per heavy atom. The molecule has 2 aromatic carbocycles. The quantitative estimate of drug-likeness (QED) is 0.788. The number of pyridine rings is 1. The number of fused-ring (bicyclic) bond motifs is 1. The number of aromatic nitrogens is 1. The van der Waals surface area contributed by atoms with Crippen LogP contribution in [0.1, 0.15) is 16.8 Å². The average Bonchev–Trinajstić information content (AvgIpc) is 2.50. The molecule has 0 radical (unpaired) electrons. The third kappa shape index (κ3) is 3.09. The van der Waals surface area contributed by atoms with Gasteiger partial charge in [0.05, 0.1) is 5.52 Å². The predicted molar refractivity (Wildman–Crippen MR) is 83.7 cm³/mol. The first-order chi connectivity index (χ1) is 10.3. The molecule has 0 bridgehead atoms. The molecule has 3 heteroatoms. The molecule has 1 heterocycles. The predicted octanol–water partition coefficient (Wildman–Crippen LogP) is 3.68. The number of benzene rings is 2. The summed E-state index contributed by atoms with van der Waals surface area (Å²) in [5.74, 6) is -0.199. The molecule has 0 atom stereocenters. The fourth-order valence-electron chi connectivity index (χ4n) is 2.52. The van der Waals surface area contributed by atoms with Crippen LogP contribution in [0.25, 0.3) is 10.9 Å². The van der Waals surface area contributed by atoms with Gasteiger partial charge in [-0.3, -0.25) is 4.98 Å². The van der Waals surface area contributed by atoms with Crippen LogP contribution in [0, 0.1) is 5.82 Å². The molecule has 0 aliphatic rings. The highest BCUT2D eigenvalue weighted by Crippen LogP contribution is 2.18. The van der Waals surface area contributed by atoms with Crippen LogP contribution >= 0.6 is 0 Å². The van der Waals surface area contributed by atoms with Gasteiger partial charge in [-0.25, -0.2) is 4.39 Å². The van der Waals surface area contributed by atoms with Crippen molar-refractivity contribution in [1.82, 2.24) is 10.3 Å². The number of nitrogens with one attached hydrogen (secondary N) is 1. The van der Waals surface area contributed by atoms with Gasteiger partial charge in [0, 0.05) is 24.0 Å². The monoisotopic (exact) mass is 280 g/mol. The van der Waals surface area contributed by atoms with Gasteiger partial charge >= 0.3 is 0 Å². The minimum absolute atomic E-state index is 0.199. The van der Waals surface area contributed by atoms with E-state index in [4.69, 9.17) is 0 Å². The minimum Gasteiger partial charge on any atom is -0.316 e. The van der Waals surface area contributed by atoms with Crippen molar-refractivity contribution < 1.29 is 4.39 Å². The molecule has 106 valence electrons. The molecule has 0 fully saturated rings. The number of hydrogen-bond donors (Lipinski definition) is 1. The van der Waals surface area contributed by atoms with Crippen molar-refractivity contribution in [2.45, 2.75) is 13.0 Å². The second-order valence-electron chi connectivity index (χ2n) is 5.12. The Kier molecular flexibility index (Phi) is 3.93. The summed E-state index contributed by atoms with van der Waals surface area (Å²) in [7, 11) is 1.86. The van der Waals surface area contributed by atoms with E-state index >= 15 is 0 Å². The van der Waals surface area contributed by atoms with E-state index in [1.807, 2.05) is 37.4 Å². The first-order valence-electron chi connectivity index (χ1n) is 7.03. The molecule has 1 aromatic heterocycles. The largest absolute Gasteiger partial charge is 0.316 e. The molecule has 0 saturated heterocycles. The number of rotatable bonds is 4. The molecule has 1 N–H and O–H groups in total. The zero-order valence-electron chi connectivity index (χ0n) is 11.9. The molecular formula is C18H17FN2. The van der Waals surface area contributed by atoms with Gasteiger partial charge in [0.25, 0.3) is 0 Å². The Bertz CT molecular complexity index is 768. The van der Waals surface area contributed by atoms with Gasteiger partial charge in [0.2, 0.25) is 0 Å². The van der Waals surface area contributed by atoms with Crippen molar-refractivity contribution in [2.75, 3.05) is 7.05 Å². The molecule has 0 spiro atoms. The van der Waals surface area contributed by atoms with Gasteiger partial charge in [0.15, 0.2) is 0 Å². The summed E-state index contributed by atoms with van der Waals surface area (Å²) in [5.41, 5.74) is 4.07. The van der Waals surface area contributed by atoms with Gasteiger partial charge in [-0.2, -0.15) is 0 Å². The highest BCUT2D eigenvalue weighted by Gasteiger charge is 2.06. The van der Waals surface area contributed by atoms with Crippen molar-refractivity contribution in [3.8, 4) is 0 Å². The summed E-state index contributed by atoms with van der Waals surface area (Å²) in [4.78, 5) is 4.68. The molecule has 0 saturated carbocycles. The lowest BCUT2D eigenvalue weighted by molar-refractivity contribution is 0.622. The van der Waals surface area contributed by atoms with Crippen LogP contribution in [-0.2, 0) is 13.0 Å². The number of nitrogens with zero attached hydrogens (tertiary/aromatic N) is 1. The standard InChI is InChI=1S/C18H17FN2/c1-20-12-15-10-16(19)8-6-14(15)11-17-9-7-13-4-2-3-5-18(13)21-17/h2-10,20H,11-12H2,1H3. The Morgan fingerprint density at radius 1 is 1.00 bits per heavy atom. The molecular weight excluding hydrogens is 263 g/mol. The summed E-state index contributed by atoms with van der Waals surface area (Å²) < 4.78 is 13.4. The SMILES string of the molecule is CNCc1cc(F)ccc1Cc1ccc2ccccc2n1. The topological polar surface area (TPSA) is 24.9 Å². The maximum atomic E-state index is 13.4.